The monoisotopic (exact) mass is 513 g/mol. The van der Waals surface area contributed by atoms with Crippen molar-refractivity contribution in [2.45, 2.75) is 18.9 Å². The first-order valence-electron chi connectivity index (χ1n) is 13.4. The highest BCUT2D eigenvalue weighted by Gasteiger charge is 2.20. The van der Waals surface area contributed by atoms with Gasteiger partial charge in [-0.1, -0.05) is 72.8 Å². The highest BCUT2D eigenvalue weighted by atomic mass is 16.5. The number of aromatic nitrogens is 2. The molecule has 1 aliphatic carbocycles. The summed E-state index contributed by atoms with van der Waals surface area (Å²) < 4.78 is 5.80. The fourth-order valence-corrected chi connectivity index (χ4v) is 5.21. The zero-order valence-electron chi connectivity index (χ0n) is 21.7. The number of benzene rings is 3. The van der Waals surface area contributed by atoms with E-state index in [1.54, 1.807) is 6.20 Å². The summed E-state index contributed by atoms with van der Waals surface area (Å²) >= 11 is 0. The van der Waals surface area contributed by atoms with Crippen LogP contribution in [0.5, 0.6) is 5.75 Å². The number of ether oxygens (including phenoxy) is 1. The third-order valence-corrected chi connectivity index (χ3v) is 7.19. The van der Waals surface area contributed by atoms with E-state index in [-0.39, 0.29) is 5.56 Å². The number of rotatable bonds is 9. The number of allylic oxidation sites excluding steroid dienone is 4. The lowest BCUT2D eigenvalue weighted by Gasteiger charge is -2.17. The summed E-state index contributed by atoms with van der Waals surface area (Å²) in [5.74, 6) is 1.23. The van der Waals surface area contributed by atoms with Gasteiger partial charge in [0.1, 0.15) is 12.4 Å². The number of pyridine rings is 1. The van der Waals surface area contributed by atoms with Crippen molar-refractivity contribution < 1.29 is 4.74 Å². The lowest BCUT2D eigenvalue weighted by molar-refractivity contribution is 0.313. The molecule has 6 rings (SSSR count). The van der Waals surface area contributed by atoms with Crippen molar-refractivity contribution in [3.05, 3.63) is 142 Å². The quantitative estimate of drug-likeness (QED) is 0.190. The van der Waals surface area contributed by atoms with E-state index in [1.807, 2.05) is 42.5 Å². The summed E-state index contributed by atoms with van der Waals surface area (Å²) in [6.45, 7) is 2.07. The molecule has 1 aliphatic rings. The Balaban J connectivity index is 1.27. The third-order valence-electron chi connectivity index (χ3n) is 7.19. The van der Waals surface area contributed by atoms with Crippen molar-refractivity contribution in [3.63, 3.8) is 0 Å². The topological polar surface area (TPSA) is 69.9 Å². The Labute approximate surface area is 227 Å². The van der Waals surface area contributed by atoms with Crippen LogP contribution in [0.25, 0.3) is 27.7 Å². The van der Waals surface area contributed by atoms with Crippen molar-refractivity contribution in [1.82, 2.24) is 15.3 Å². The minimum absolute atomic E-state index is 0.104. The molecule has 3 N–H and O–H groups in total. The predicted molar refractivity (Wildman–Crippen MR) is 159 cm³/mol. The fraction of sp³-hybridized carbons (Fsp3) is 0.147. The summed E-state index contributed by atoms with van der Waals surface area (Å²) in [5, 5.41) is 4.60. The largest absolute Gasteiger partial charge is 0.492 e. The van der Waals surface area contributed by atoms with Crippen LogP contribution in [0.3, 0.4) is 0 Å². The van der Waals surface area contributed by atoms with Crippen molar-refractivity contribution in [2.24, 2.45) is 0 Å². The number of fused-ring (bicyclic) bond motifs is 1. The Hall–Kier alpha value is -4.61. The first-order chi connectivity index (χ1) is 19.3. The van der Waals surface area contributed by atoms with Gasteiger partial charge in [0.2, 0.25) is 0 Å². The summed E-state index contributed by atoms with van der Waals surface area (Å²) in [6.07, 6.45) is 9.36. The maximum absolute atomic E-state index is 12.8. The molecule has 0 amide bonds. The van der Waals surface area contributed by atoms with Crippen molar-refractivity contribution in [3.8, 4) is 17.0 Å². The van der Waals surface area contributed by atoms with Crippen LogP contribution in [-0.2, 0) is 6.54 Å². The first kappa shape index (κ1) is 24.7. The van der Waals surface area contributed by atoms with Gasteiger partial charge in [0.15, 0.2) is 0 Å². The molecule has 2 heterocycles. The molecule has 2 aromatic heterocycles. The van der Waals surface area contributed by atoms with Crippen LogP contribution in [0.1, 0.15) is 29.0 Å². The normalized spacial score (nSPS) is 14.9. The van der Waals surface area contributed by atoms with Crippen LogP contribution >= 0.6 is 0 Å². The Kier molecular flexibility index (Phi) is 7.23. The smallest absolute Gasteiger partial charge is 0.257 e. The van der Waals surface area contributed by atoms with Gasteiger partial charge in [-0.05, 0) is 59.5 Å². The number of aromatic amines is 2. The molecule has 5 aromatic rings. The van der Waals surface area contributed by atoms with Crippen LogP contribution in [0.2, 0.25) is 0 Å². The fourth-order valence-electron chi connectivity index (χ4n) is 5.21. The van der Waals surface area contributed by atoms with Crippen LogP contribution in [0.4, 0.5) is 0 Å². The number of H-pyrrole nitrogens is 2. The first-order valence-corrected chi connectivity index (χ1v) is 13.4. The van der Waals surface area contributed by atoms with Gasteiger partial charge in [0.05, 0.1) is 11.3 Å². The molecule has 0 saturated heterocycles. The average Bonchev–Trinajstić information content (AvgIpc) is 3.37. The lowest BCUT2D eigenvalue weighted by atomic mass is 9.87. The van der Waals surface area contributed by atoms with E-state index < -0.39 is 0 Å². The summed E-state index contributed by atoms with van der Waals surface area (Å²) in [6, 6.07) is 30.7. The molecule has 0 bridgehead atoms. The van der Waals surface area contributed by atoms with Crippen LogP contribution in [0, 0.1) is 0 Å². The van der Waals surface area contributed by atoms with Crippen molar-refractivity contribution in [2.75, 3.05) is 13.2 Å². The van der Waals surface area contributed by atoms with Crippen LogP contribution < -0.4 is 15.6 Å². The molecule has 0 saturated carbocycles. The second-order valence-corrected chi connectivity index (χ2v) is 9.78. The molecular weight excluding hydrogens is 482 g/mol. The van der Waals surface area contributed by atoms with Gasteiger partial charge in [-0.25, -0.2) is 0 Å². The van der Waals surface area contributed by atoms with Gasteiger partial charge in [0.25, 0.3) is 5.56 Å². The van der Waals surface area contributed by atoms with E-state index in [1.165, 1.54) is 11.1 Å². The second-order valence-electron chi connectivity index (χ2n) is 9.78. The Morgan fingerprint density at radius 1 is 0.923 bits per heavy atom. The maximum atomic E-state index is 12.8. The minimum atomic E-state index is -0.104. The Morgan fingerprint density at radius 2 is 1.74 bits per heavy atom. The van der Waals surface area contributed by atoms with Gasteiger partial charge in [-0.3, -0.25) is 4.79 Å². The summed E-state index contributed by atoms with van der Waals surface area (Å²) in [5.41, 5.74) is 7.09. The van der Waals surface area contributed by atoms with Crippen LogP contribution in [0.15, 0.2) is 120 Å². The maximum Gasteiger partial charge on any atom is 0.257 e. The summed E-state index contributed by atoms with van der Waals surface area (Å²) in [4.78, 5) is 19.2. The van der Waals surface area contributed by atoms with Crippen molar-refractivity contribution in [1.29, 1.82) is 0 Å². The molecule has 0 spiro atoms. The molecular formula is C34H31N3O2. The number of hydrogen-bond donors (Lipinski definition) is 3. The SMILES string of the molecule is O=c1[nH]cccc1-c1[nH]c2ccc(CNCCOc3ccccc3)cc2c1C1=CCC(c2ccccc2)C=C1. The lowest BCUT2D eigenvalue weighted by Crippen LogP contribution is -2.20. The molecule has 39 heavy (non-hydrogen) atoms. The molecule has 5 heteroatoms. The molecule has 3 aromatic carbocycles. The van der Waals surface area contributed by atoms with Crippen LogP contribution in [-0.4, -0.2) is 23.1 Å². The zero-order chi connectivity index (χ0) is 26.4. The van der Waals surface area contributed by atoms with Crippen molar-refractivity contribution >= 4 is 16.5 Å². The molecule has 1 unspecified atom stereocenters. The Morgan fingerprint density at radius 3 is 2.51 bits per heavy atom. The average molecular weight is 514 g/mol. The molecule has 0 aliphatic heterocycles. The van der Waals surface area contributed by atoms with Gasteiger partial charge in [-0.15, -0.1) is 0 Å². The Bertz CT molecular complexity index is 1680. The number of para-hydroxylation sites is 1. The van der Waals surface area contributed by atoms with E-state index in [0.717, 1.165) is 53.0 Å². The highest BCUT2D eigenvalue weighted by molar-refractivity contribution is 6.02. The van der Waals surface area contributed by atoms with Gasteiger partial charge < -0.3 is 20.0 Å². The van der Waals surface area contributed by atoms with Gasteiger partial charge >= 0.3 is 0 Å². The number of hydrogen-bond acceptors (Lipinski definition) is 3. The molecule has 5 nitrogen and oxygen atoms in total. The highest BCUT2D eigenvalue weighted by Crippen LogP contribution is 2.39. The molecule has 0 fully saturated rings. The molecule has 194 valence electrons. The van der Waals surface area contributed by atoms with E-state index in [4.69, 9.17) is 4.74 Å². The van der Waals surface area contributed by atoms with E-state index in [2.05, 4.69) is 82.0 Å². The standard InChI is InChI=1S/C34H31N3O2/c38-34-29(12-7-19-36-34)33-32(27-16-14-26(15-17-27)25-8-3-1-4-9-25)30-22-24(13-18-31(30)37-33)23-35-20-21-39-28-10-5-2-6-11-28/h1-14,16-19,22,26,35,37H,15,20-21,23H2,(H,36,38). The summed E-state index contributed by atoms with van der Waals surface area (Å²) in [7, 11) is 0. The molecule has 1 atom stereocenters. The van der Waals surface area contributed by atoms with Gasteiger partial charge in [-0.2, -0.15) is 0 Å². The number of nitrogens with one attached hydrogen (secondary N) is 3. The van der Waals surface area contributed by atoms with E-state index in [9.17, 15) is 4.79 Å². The van der Waals surface area contributed by atoms with E-state index >= 15 is 0 Å². The van der Waals surface area contributed by atoms with Gasteiger partial charge in [0, 0.05) is 41.7 Å². The second kappa shape index (κ2) is 11.4. The minimum Gasteiger partial charge on any atom is -0.492 e. The van der Waals surface area contributed by atoms with E-state index in [0.29, 0.717) is 18.1 Å². The predicted octanol–water partition coefficient (Wildman–Crippen LogP) is 6.82. The molecule has 0 radical (unpaired) electrons. The zero-order valence-corrected chi connectivity index (χ0v) is 21.7. The third kappa shape index (κ3) is 5.49.